The molecule has 1 aromatic rings. The summed E-state index contributed by atoms with van der Waals surface area (Å²) in [5.74, 6) is -0.420. The first kappa shape index (κ1) is 13.7. The normalized spacial score (nSPS) is 18.8. The van der Waals surface area contributed by atoms with E-state index in [1.807, 2.05) is 0 Å². The van der Waals surface area contributed by atoms with Gasteiger partial charge in [0.15, 0.2) is 0 Å². The summed E-state index contributed by atoms with van der Waals surface area (Å²) in [7, 11) is 0. The van der Waals surface area contributed by atoms with Crippen LogP contribution in [0, 0.1) is 5.82 Å². The van der Waals surface area contributed by atoms with Crippen LogP contribution in [-0.4, -0.2) is 37.8 Å². The van der Waals surface area contributed by atoms with Gasteiger partial charge in [0.1, 0.15) is 5.82 Å². The van der Waals surface area contributed by atoms with Crippen molar-refractivity contribution in [1.29, 1.82) is 0 Å². The molecule has 1 heterocycles. The molecule has 2 nitrogen and oxygen atoms in total. The second-order valence-corrected chi connectivity index (χ2v) is 4.83. The maximum Gasteiger partial charge on any atom is 0.146 e. The van der Waals surface area contributed by atoms with E-state index < -0.39 is 12.5 Å². The highest BCUT2D eigenvalue weighted by Crippen LogP contribution is 2.30. The molecule has 0 aliphatic carbocycles. The molecule has 1 N–H and O–H groups in total. The van der Waals surface area contributed by atoms with Crippen molar-refractivity contribution in [3.8, 4) is 0 Å². The second-order valence-electron chi connectivity index (χ2n) is 4.42. The minimum atomic E-state index is -0.458. The van der Waals surface area contributed by atoms with Crippen LogP contribution in [0.4, 0.5) is 8.78 Å². The highest BCUT2D eigenvalue weighted by molar-refractivity contribution is 6.30. The van der Waals surface area contributed by atoms with E-state index in [9.17, 15) is 8.78 Å². The van der Waals surface area contributed by atoms with E-state index in [4.69, 9.17) is 11.6 Å². The van der Waals surface area contributed by atoms with E-state index >= 15 is 0 Å². The molecule has 18 heavy (non-hydrogen) atoms. The molecule has 2 rings (SSSR count). The van der Waals surface area contributed by atoms with Gasteiger partial charge in [0.05, 0.1) is 11.7 Å². The maximum atomic E-state index is 14.0. The number of halogens is 3. The van der Waals surface area contributed by atoms with Gasteiger partial charge in [0.2, 0.25) is 0 Å². The summed E-state index contributed by atoms with van der Waals surface area (Å²) in [6.45, 7) is 2.85. The van der Waals surface area contributed by atoms with Gasteiger partial charge in [-0.15, -0.1) is 0 Å². The first-order valence-electron chi connectivity index (χ1n) is 6.18. The van der Waals surface area contributed by atoms with Crippen molar-refractivity contribution in [2.24, 2.45) is 0 Å². The van der Waals surface area contributed by atoms with Crippen molar-refractivity contribution >= 4 is 11.6 Å². The Labute approximate surface area is 111 Å². The molecule has 1 aromatic carbocycles. The number of nitrogens with zero attached hydrogens (tertiary/aromatic N) is 1. The Hall–Kier alpha value is -0.710. The third-order valence-corrected chi connectivity index (χ3v) is 3.61. The molecule has 5 heteroatoms. The number of hydrogen-bond donors (Lipinski definition) is 1. The summed E-state index contributed by atoms with van der Waals surface area (Å²) in [6.07, 6.45) is 0.303. The number of nitrogens with one attached hydrogen (secondary N) is 1. The zero-order chi connectivity index (χ0) is 13.0. The van der Waals surface area contributed by atoms with E-state index in [0.29, 0.717) is 12.0 Å². The molecule has 0 unspecified atom stereocenters. The van der Waals surface area contributed by atoms with Crippen molar-refractivity contribution < 1.29 is 8.78 Å². The summed E-state index contributed by atoms with van der Waals surface area (Å²) in [5, 5.41) is 3.34. The lowest BCUT2D eigenvalue weighted by molar-refractivity contribution is 0.154. The van der Waals surface area contributed by atoms with Crippen LogP contribution in [0.1, 0.15) is 18.0 Å². The minimum Gasteiger partial charge on any atom is -0.314 e. The Morgan fingerprint density at radius 2 is 2.06 bits per heavy atom. The number of rotatable bonds is 4. The van der Waals surface area contributed by atoms with Gasteiger partial charge in [-0.1, -0.05) is 23.7 Å². The lowest BCUT2D eigenvalue weighted by Crippen LogP contribution is -2.45. The molecule has 0 radical (unpaired) electrons. The Kier molecular flexibility index (Phi) is 4.92. The zero-order valence-corrected chi connectivity index (χ0v) is 10.9. The van der Waals surface area contributed by atoms with Crippen LogP contribution in [0.5, 0.6) is 0 Å². The largest absolute Gasteiger partial charge is 0.314 e. The SMILES string of the molecule is FCC[C@H](c1cccc(Cl)c1F)N1CCNCC1. The molecule has 0 spiro atoms. The van der Waals surface area contributed by atoms with Crippen LogP contribution in [0.15, 0.2) is 18.2 Å². The average Bonchev–Trinajstić information content (AvgIpc) is 2.41. The van der Waals surface area contributed by atoms with E-state index in [-0.39, 0.29) is 11.1 Å². The summed E-state index contributed by atoms with van der Waals surface area (Å²) >= 11 is 5.80. The van der Waals surface area contributed by atoms with Gasteiger partial charge in [0.25, 0.3) is 0 Å². The lowest BCUT2D eigenvalue weighted by atomic mass is 10.0. The summed E-state index contributed by atoms with van der Waals surface area (Å²) < 4.78 is 26.8. The molecule has 1 aliphatic heterocycles. The van der Waals surface area contributed by atoms with Gasteiger partial charge < -0.3 is 5.32 Å². The fourth-order valence-electron chi connectivity index (χ4n) is 2.41. The standard InChI is InChI=1S/C13H17ClF2N2/c14-11-3-1-2-10(13(11)16)12(4-5-15)18-8-6-17-7-9-18/h1-3,12,17H,4-9H2/t12-/m1/s1. The zero-order valence-electron chi connectivity index (χ0n) is 10.1. The van der Waals surface area contributed by atoms with E-state index in [1.165, 1.54) is 6.07 Å². The highest BCUT2D eigenvalue weighted by atomic mass is 35.5. The monoisotopic (exact) mass is 274 g/mol. The molecule has 1 aliphatic rings. The fraction of sp³-hybridized carbons (Fsp3) is 0.538. The van der Waals surface area contributed by atoms with E-state index in [0.717, 1.165) is 26.2 Å². The summed E-state index contributed by atoms with van der Waals surface area (Å²) in [6, 6.07) is 4.71. The predicted molar refractivity (Wildman–Crippen MR) is 69.2 cm³/mol. The predicted octanol–water partition coefficient (Wildman–Crippen LogP) is 2.79. The number of hydrogen-bond acceptors (Lipinski definition) is 2. The average molecular weight is 275 g/mol. The molecule has 1 saturated heterocycles. The Balaban J connectivity index is 2.25. The third kappa shape index (κ3) is 2.99. The Bertz CT molecular complexity index is 395. The molecular formula is C13H17ClF2N2. The van der Waals surface area contributed by atoms with Crippen molar-refractivity contribution in [2.75, 3.05) is 32.9 Å². The molecule has 1 fully saturated rings. The first-order chi connectivity index (χ1) is 8.74. The minimum absolute atomic E-state index is 0.103. The fourth-order valence-corrected chi connectivity index (χ4v) is 2.59. The van der Waals surface area contributed by atoms with Gasteiger partial charge in [-0.2, -0.15) is 0 Å². The number of alkyl halides is 1. The van der Waals surface area contributed by atoms with Crippen molar-refractivity contribution in [2.45, 2.75) is 12.5 Å². The van der Waals surface area contributed by atoms with Gasteiger partial charge in [-0.25, -0.2) is 4.39 Å². The number of benzene rings is 1. The Morgan fingerprint density at radius 1 is 1.33 bits per heavy atom. The van der Waals surface area contributed by atoms with E-state index in [2.05, 4.69) is 10.2 Å². The lowest BCUT2D eigenvalue weighted by Gasteiger charge is -2.35. The quantitative estimate of drug-likeness (QED) is 0.908. The van der Waals surface area contributed by atoms with Crippen LogP contribution in [0.2, 0.25) is 5.02 Å². The van der Waals surface area contributed by atoms with Crippen molar-refractivity contribution in [3.05, 3.63) is 34.6 Å². The summed E-state index contributed by atoms with van der Waals surface area (Å²) in [4.78, 5) is 2.12. The smallest absolute Gasteiger partial charge is 0.146 e. The molecule has 0 aromatic heterocycles. The molecule has 1 atom stereocenters. The van der Waals surface area contributed by atoms with Crippen LogP contribution >= 0.6 is 11.6 Å². The van der Waals surface area contributed by atoms with Crippen LogP contribution < -0.4 is 5.32 Å². The van der Waals surface area contributed by atoms with E-state index in [1.54, 1.807) is 12.1 Å². The van der Waals surface area contributed by atoms with Crippen molar-refractivity contribution in [1.82, 2.24) is 10.2 Å². The van der Waals surface area contributed by atoms with Gasteiger partial charge >= 0.3 is 0 Å². The molecule has 100 valence electrons. The van der Waals surface area contributed by atoms with Crippen LogP contribution in [0.25, 0.3) is 0 Å². The highest BCUT2D eigenvalue weighted by Gasteiger charge is 2.25. The summed E-state index contributed by atoms with van der Waals surface area (Å²) in [5.41, 5.74) is 0.502. The first-order valence-corrected chi connectivity index (χ1v) is 6.56. The van der Waals surface area contributed by atoms with Crippen LogP contribution in [-0.2, 0) is 0 Å². The molecule has 0 amide bonds. The molecule has 0 saturated carbocycles. The van der Waals surface area contributed by atoms with Crippen LogP contribution in [0.3, 0.4) is 0 Å². The molecular weight excluding hydrogens is 258 g/mol. The van der Waals surface area contributed by atoms with Crippen molar-refractivity contribution in [3.63, 3.8) is 0 Å². The third-order valence-electron chi connectivity index (χ3n) is 3.32. The number of piperazine rings is 1. The maximum absolute atomic E-state index is 14.0. The van der Waals surface area contributed by atoms with Gasteiger partial charge in [0, 0.05) is 37.8 Å². The van der Waals surface area contributed by atoms with Gasteiger partial charge in [-0.3, -0.25) is 9.29 Å². The second kappa shape index (κ2) is 6.45. The topological polar surface area (TPSA) is 15.3 Å². The van der Waals surface area contributed by atoms with Gasteiger partial charge in [-0.05, 0) is 12.5 Å². The molecule has 0 bridgehead atoms. The Morgan fingerprint density at radius 3 is 2.72 bits per heavy atom.